The van der Waals surface area contributed by atoms with Crippen LogP contribution < -0.4 is 5.73 Å². The third-order valence-electron chi connectivity index (χ3n) is 2.68. The Hall–Kier alpha value is -1.56. The molecule has 2 rings (SSSR count). The number of aromatic nitrogens is 2. The number of nitrogens with zero attached hydrogens (tertiary/aromatic N) is 2. The number of hydrogen-bond acceptors (Lipinski definition) is 5. The van der Waals surface area contributed by atoms with Crippen molar-refractivity contribution in [3.8, 4) is 0 Å². The van der Waals surface area contributed by atoms with Crippen molar-refractivity contribution in [3.05, 3.63) is 12.0 Å². The molecule has 0 amide bonds. The third kappa shape index (κ3) is 2.01. The maximum Gasteiger partial charge on any atom is 0.360 e. The first-order valence-corrected chi connectivity index (χ1v) is 5.23. The van der Waals surface area contributed by atoms with Crippen LogP contribution in [0.2, 0.25) is 0 Å². The standard InChI is InChI=1S/C10H15N3O3/c1-15-10(14)8-9(11)13(6-12-8)5-7-3-2-4-16-7/h6-7H,2-5,11H2,1H3. The van der Waals surface area contributed by atoms with E-state index in [0.717, 1.165) is 19.4 Å². The number of nitrogen functional groups attached to an aromatic ring is 1. The van der Waals surface area contributed by atoms with E-state index >= 15 is 0 Å². The van der Waals surface area contributed by atoms with Crippen molar-refractivity contribution in [2.45, 2.75) is 25.5 Å². The normalized spacial score (nSPS) is 19.9. The average molecular weight is 225 g/mol. The summed E-state index contributed by atoms with van der Waals surface area (Å²) in [6, 6.07) is 0. The molecule has 0 aliphatic carbocycles. The van der Waals surface area contributed by atoms with Crippen molar-refractivity contribution in [1.82, 2.24) is 9.55 Å². The summed E-state index contributed by atoms with van der Waals surface area (Å²) in [7, 11) is 1.31. The van der Waals surface area contributed by atoms with Crippen LogP contribution in [0.25, 0.3) is 0 Å². The molecule has 1 aromatic heterocycles. The van der Waals surface area contributed by atoms with Crippen LogP contribution in [-0.2, 0) is 16.0 Å². The maximum atomic E-state index is 11.3. The zero-order chi connectivity index (χ0) is 11.5. The molecular formula is C10H15N3O3. The van der Waals surface area contributed by atoms with Crippen LogP contribution in [0.15, 0.2) is 6.33 Å². The van der Waals surface area contributed by atoms with Gasteiger partial charge in [-0.15, -0.1) is 0 Å². The molecule has 0 spiro atoms. The van der Waals surface area contributed by atoms with E-state index in [4.69, 9.17) is 10.5 Å². The lowest BCUT2D eigenvalue weighted by Crippen LogP contribution is -2.16. The second-order valence-corrected chi connectivity index (χ2v) is 3.76. The van der Waals surface area contributed by atoms with Gasteiger partial charge in [0.1, 0.15) is 5.82 Å². The van der Waals surface area contributed by atoms with Crippen LogP contribution in [-0.4, -0.2) is 35.3 Å². The van der Waals surface area contributed by atoms with Crippen molar-refractivity contribution in [1.29, 1.82) is 0 Å². The minimum Gasteiger partial charge on any atom is -0.464 e. The van der Waals surface area contributed by atoms with Crippen LogP contribution in [0.5, 0.6) is 0 Å². The fourth-order valence-corrected chi connectivity index (χ4v) is 1.80. The molecule has 2 heterocycles. The summed E-state index contributed by atoms with van der Waals surface area (Å²) in [6.07, 6.45) is 3.80. The Morgan fingerprint density at radius 1 is 1.81 bits per heavy atom. The van der Waals surface area contributed by atoms with E-state index < -0.39 is 5.97 Å². The number of carbonyl (C=O) groups excluding carboxylic acids is 1. The largest absolute Gasteiger partial charge is 0.464 e. The van der Waals surface area contributed by atoms with E-state index in [9.17, 15) is 4.79 Å². The Balaban J connectivity index is 2.10. The summed E-state index contributed by atoms with van der Waals surface area (Å²) in [6.45, 7) is 1.43. The molecule has 88 valence electrons. The van der Waals surface area contributed by atoms with Gasteiger partial charge in [0.2, 0.25) is 0 Å². The zero-order valence-corrected chi connectivity index (χ0v) is 9.18. The topological polar surface area (TPSA) is 79.4 Å². The second-order valence-electron chi connectivity index (χ2n) is 3.76. The van der Waals surface area contributed by atoms with Gasteiger partial charge in [0.05, 0.1) is 26.1 Å². The summed E-state index contributed by atoms with van der Waals surface area (Å²) < 4.78 is 11.8. The van der Waals surface area contributed by atoms with E-state index in [1.807, 2.05) is 0 Å². The van der Waals surface area contributed by atoms with Gasteiger partial charge in [0.25, 0.3) is 0 Å². The lowest BCUT2D eigenvalue weighted by molar-refractivity contribution is 0.0595. The van der Waals surface area contributed by atoms with Crippen LogP contribution >= 0.6 is 0 Å². The summed E-state index contributed by atoms with van der Waals surface area (Å²) in [5.41, 5.74) is 5.97. The van der Waals surface area contributed by atoms with E-state index in [1.165, 1.54) is 7.11 Å². The Bertz CT molecular complexity index is 383. The number of ether oxygens (including phenoxy) is 2. The molecule has 1 saturated heterocycles. The van der Waals surface area contributed by atoms with Crippen LogP contribution in [0, 0.1) is 0 Å². The molecule has 16 heavy (non-hydrogen) atoms. The van der Waals surface area contributed by atoms with Gasteiger partial charge in [-0.05, 0) is 12.8 Å². The maximum absolute atomic E-state index is 11.3. The quantitative estimate of drug-likeness (QED) is 0.755. The van der Waals surface area contributed by atoms with Crippen LogP contribution in [0.4, 0.5) is 5.82 Å². The molecule has 2 N–H and O–H groups in total. The predicted octanol–water partition coefficient (Wildman–Crippen LogP) is 0.431. The Morgan fingerprint density at radius 3 is 3.25 bits per heavy atom. The van der Waals surface area contributed by atoms with Crippen molar-refractivity contribution in [2.24, 2.45) is 0 Å². The molecule has 1 fully saturated rings. The molecule has 1 aliphatic heterocycles. The number of esters is 1. The molecule has 6 heteroatoms. The number of anilines is 1. The van der Waals surface area contributed by atoms with Gasteiger partial charge in [-0.25, -0.2) is 9.78 Å². The van der Waals surface area contributed by atoms with Crippen molar-refractivity contribution in [3.63, 3.8) is 0 Å². The first-order valence-electron chi connectivity index (χ1n) is 5.23. The van der Waals surface area contributed by atoms with Gasteiger partial charge in [0, 0.05) is 6.61 Å². The number of methoxy groups -OCH3 is 1. The second kappa shape index (κ2) is 4.52. The van der Waals surface area contributed by atoms with Gasteiger partial charge >= 0.3 is 5.97 Å². The van der Waals surface area contributed by atoms with E-state index in [0.29, 0.717) is 12.4 Å². The highest BCUT2D eigenvalue weighted by Crippen LogP contribution is 2.17. The first-order chi connectivity index (χ1) is 7.72. The molecule has 0 aromatic carbocycles. The molecule has 1 unspecified atom stereocenters. The number of hydrogen-bond donors (Lipinski definition) is 1. The molecule has 0 saturated carbocycles. The van der Waals surface area contributed by atoms with Crippen LogP contribution in [0.1, 0.15) is 23.3 Å². The van der Waals surface area contributed by atoms with Crippen LogP contribution in [0.3, 0.4) is 0 Å². The molecule has 6 nitrogen and oxygen atoms in total. The van der Waals surface area contributed by atoms with Crippen molar-refractivity contribution >= 4 is 11.8 Å². The Labute approximate surface area is 93.3 Å². The first kappa shape index (κ1) is 10.9. The summed E-state index contributed by atoms with van der Waals surface area (Å²) >= 11 is 0. The minimum atomic E-state index is -0.511. The zero-order valence-electron chi connectivity index (χ0n) is 9.18. The fraction of sp³-hybridized carbons (Fsp3) is 0.600. The van der Waals surface area contributed by atoms with Gasteiger partial charge in [0.15, 0.2) is 5.69 Å². The van der Waals surface area contributed by atoms with E-state index in [-0.39, 0.29) is 11.8 Å². The van der Waals surface area contributed by atoms with E-state index in [1.54, 1.807) is 10.9 Å². The smallest absolute Gasteiger partial charge is 0.360 e. The number of carbonyl (C=O) groups is 1. The lowest BCUT2D eigenvalue weighted by Gasteiger charge is -2.11. The Kier molecular flexibility index (Phi) is 3.09. The number of imidazole rings is 1. The summed E-state index contributed by atoms with van der Waals surface area (Å²) in [5, 5.41) is 0. The highest BCUT2D eigenvalue weighted by Gasteiger charge is 2.20. The third-order valence-corrected chi connectivity index (χ3v) is 2.68. The molecule has 1 aromatic rings. The lowest BCUT2D eigenvalue weighted by atomic mass is 10.2. The molecule has 1 atom stereocenters. The van der Waals surface area contributed by atoms with Gasteiger partial charge in [-0.3, -0.25) is 0 Å². The van der Waals surface area contributed by atoms with Crippen molar-refractivity contribution < 1.29 is 14.3 Å². The highest BCUT2D eigenvalue weighted by atomic mass is 16.5. The summed E-state index contributed by atoms with van der Waals surface area (Å²) in [4.78, 5) is 15.2. The predicted molar refractivity (Wildman–Crippen MR) is 57.0 cm³/mol. The number of rotatable bonds is 3. The Morgan fingerprint density at radius 2 is 2.62 bits per heavy atom. The SMILES string of the molecule is COC(=O)c1ncn(CC2CCCO2)c1N. The van der Waals surface area contributed by atoms with Crippen molar-refractivity contribution in [2.75, 3.05) is 19.5 Å². The molecule has 0 bridgehead atoms. The summed E-state index contributed by atoms with van der Waals surface area (Å²) in [5.74, 6) is -0.175. The van der Waals surface area contributed by atoms with Gasteiger partial charge in [-0.2, -0.15) is 0 Å². The fourth-order valence-electron chi connectivity index (χ4n) is 1.80. The van der Waals surface area contributed by atoms with Gasteiger partial charge < -0.3 is 19.8 Å². The number of nitrogens with two attached hydrogens (primary N) is 1. The molecule has 0 radical (unpaired) electrons. The molecular weight excluding hydrogens is 210 g/mol. The highest BCUT2D eigenvalue weighted by molar-refractivity contribution is 5.91. The monoisotopic (exact) mass is 225 g/mol. The average Bonchev–Trinajstić information content (AvgIpc) is 2.90. The van der Waals surface area contributed by atoms with Gasteiger partial charge in [-0.1, -0.05) is 0 Å². The minimum absolute atomic E-state index is 0.167. The van der Waals surface area contributed by atoms with E-state index in [2.05, 4.69) is 9.72 Å². The molecule has 1 aliphatic rings.